The molecule has 1 atom stereocenters. The molecule has 1 aliphatic carbocycles. The molecule has 2 fully saturated rings. The second-order valence-corrected chi connectivity index (χ2v) is 4.15. The smallest absolute Gasteiger partial charge is 0.245 e. The summed E-state index contributed by atoms with van der Waals surface area (Å²) < 4.78 is 12.2. The number of alkyl halides is 1. The van der Waals surface area contributed by atoms with E-state index in [4.69, 9.17) is 0 Å². The van der Waals surface area contributed by atoms with Crippen molar-refractivity contribution in [1.82, 2.24) is 10.2 Å². The molecule has 0 aromatic heterocycles. The van der Waals surface area contributed by atoms with Crippen molar-refractivity contribution in [3.05, 3.63) is 0 Å². The highest BCUT2D eigenvalue weighted by atomic mass is 19.1. The molecule has 0 radical (unpaired) electrons. The van der Waals surface area contributed by atoms with Crippen LogP contribution in [0, 0.1) is 5.92 Å². The van der Waals surface area contributed by atoms with Gasteiger partial charge in [0.1, 0.15) is 12.7 Å². The van der Waals surface area contributed by atoms with Gasteiger partial charge in [-0.05, 0) is 18.8 Å². The molecule has 1 heterocycles. The van der Waals surface area contributed by atoms with Gasteiger partial charge in [0.05, 0.1) is 0 Å². The van der Waals surface area contributed by atoms with Crippen molar-refractivity contribution < 1.29 is 14.0 Å². The van der Waals surface area contributed by atoms with Gasteiger partial charge >= 0.3 is 0 Å². The molecular weight excluding hydrogens is 199 g/mol. The quantitative estimate of drug-likeness (QED) is 0.723. The molecule has 1 unspecified atom stereocenters. The fourth-order valence-electron chi connectivity index (χ4n) is 1.92. The first kappa shape index (κ1) is 10.4. The predicted octanol–water partition coefficient (Wildman–Crippen LogP) is 0.0830. The fraction of sp³-hybridized carbons (Fsp3) is 0.800. The van der Waals surface area contributed by atoms with Crippen LogP contribution in [0.3, 0.4) is 0 Å². The minimum Gasteiger partial charge on any atom is -0.344 e. The van der Waals surface area contributed by atoms with Gasteiger partial charge in [-0.2, -0.15) is 0 Å². The van der Waals surface area contributed by atoms with Gasteiger partial charge in [-0.25, -0.2) is 4.39 Å². The Labute approximate surface area is 87.8 Å². The maximum absolute atomic E-state index is 12.2. The van der Waals surface area contributed by atoms with Gasteiger partial charge in [0.25, 0.3) is 0 Å². The molecule has 2 rings (SSSR count). The van der Waals surface area contributed by atoms with Crippen LogP contribution in [-0.2, 0) is 9.59 Å². The third-order valence-electron chi connectivity index (χ3n) is 2.95. The maximum atomic E-state index is 12.2. The van der Waals surface area contributed by atoms with E-state index in [0.717, 1.165) is 12.8 Å². The number of rotatable bonds is 3. The largest absolute Gasteiger partial charge is 0.344 e. The van der Waals surface area contributed by atoms with Crippen molar-refractivity contribution in [1.29, 1.82) is 0 Å². The number of nitrogens with one attached hydrogen (secondary N) is 1. The molecule has 15 heavy (non-hydrogen) atoms. The zero-order chi connectivity index (χ0) is 10.8. The lowest BCUT2D eigenvalue weighted by molar-refractivity contribution is -0.134. The number of nitrogens with zero attached hydrogens (tertiary/aromatic N) is 1. The van der Waals surface area contributed by atoms with E-state index in [2.05, 4.69) is 5.32 Å². The third-order valence-corrected chi connectivity index (χ3v) is 2.95. The Balaban J connectivity index is 2.07. The Hall–Kier alpha value is -1.13. The standard InChI is InChI=1S/C10H15FN2O2/c11-4-6-13-5-3-8(14)12-9(10(13)15)7-1-2-7/h7,9H,1-6H2,(H,12,14). The molecule has 2 amide bonds. The first-order valence-electron chi connectivity index (χ1n) is 5.36. The van der Waals surface area contributed by atoms with Gasteiger partial charge in [-0.1, -0.05) is 0 Å². The highest BCUT2D eigenvalue weighted by Gasteiger charge is 2.40. The van der Waals surface area contributed by atoms with Crippen LogP contribution in [0.5, 0.6) is 0 Å². The minimum atomic E-state index is -0.544. The summed E-state index contributed by atoms with van der Waals surface area (Å²) in [5, 5.41) is 2.73. The molecule has 0 aromatic carbocycles. The van der Waals surface area contributed by atoms with Crippen LogP contribution in [0.1, 0.15) is 19.3 Å². The summed E-state index contributed by atoms with van der Waals surface area (Å²) in [5.74, 6) is 0.0734. The van der Waals surface area contributed by atoms with E-state index < -0.39 is 12.7 Å². The Morgan fingerprint density at radius 3 is 2.73 bits per heavy atom. The van der Waals surface area contributed by atoms with Crippen LogP contribution >= 0.6 is 0 Å². The molecule has 4 nitrogen and oxygen atoms in total. The van der Waals surface area contributed by atoms with Crippen LogP contribution in [-0.4, -0.2) is 42.5 Å². The zero-order valence-electron chi connectivity index (χ0n) is 8.54. The molecule has 5 heteroatoms. The van der Waals surface area contributed by atoms with Gasteiger partial charge in [0.2, 0.25) is 11.8 Å². The van der Waals surface area contributed by atoms with Crippen LogP contribution in [0.4, 0.5) is 4.39 Å². The van der Waals surface area contributed by atoms with Crippen molar-refractivity contribution >= 4 is 11.8 Å². The number of amides is 2. The topological polar surface area (TPSA) is 49.4 Å². The number of hydrogen-bond acceptors (Lipinski definition) is 2. The molecule has 0 bridgehead atoms. The first-order valence-corrected chi connectivity index (χ1v) is 5.36. The molecule has 1 saturated carbocycles. The number of halogens is 1. The van der Waals surface area contributed by atoms with E-state index in [0.29, 0.717) is 6.54 Å². The lowest BCUT2D eigenvalue weighted by atomic mass is 10.1. The molecule has 0 spiro atoms. The van der Waals surface area contributed by atoms with E-state index in [1.54, 1.807) is 0 Å². The summed E-state index contributed by atoms with van der Waals surface area (Å²) in [6, 6.07) is -0.397. The second kappa shape index (κ2) is 4.16. The fourth-order valence-corrected chi connectivity index (χ4v) is 1.92. The van der Waals surface area contributed by atoms with Crippen molar-refractivity contribution in [3.8, 4) is 0 Å². The Bertz CT molecular complexity index is 279. The van der Waals surface area contributed by atoms with Gasteiger partial charge in [0.15, 0.2) is 0 Å². The lowest BCUT2D eigenvalue weighted by Crippen LogP contribution is -2.46. The average molecular weight is 214 g/mol. The highest BCUT2D eigenvalue weighted by Crippen LogP contribution is 2.34. The summed E-state index contributed by atoms with van der Waals surface area (Å²) in [6.45, 7) is -0.0911. The SMILES string of the molecule is O=C1CCN(CCF)C(=O)C(C2CC2)N1. The third kappa shape index (κ3) is 2.27. The van der Waals surface area contributed by atoms with Gasteiger partial charge in [-0.15, -0.1) is 0 Å². The van der Waals surface area contributed by atoms with Crippen LogP contribution < -0.4 is 5.32 Å². The van der Waals surface area contributed by atoms with Gasteiger partial charge < -0.3 is 10.2 Å². The molecular formula is C10H15FN2O2. The Kier molecular flexibility index (Phi) is 2.88. The zero-order valence-corrected chi connectivity index (χ0v) is 8.54. The molecule has 84 valence electrons. The van der Waals surface area contributed by atoms with Crippen molar-refractivity contribution in [2.24, 2.45) is 5.92 Å². The summed E-state index contributed by atoms with van der Waals surface area (Å²) in [5.41, 5.74) is 0. The summed E-state index contributed by atoms with van der Waals surface area (Å²) in [6.07, 6.45) is 2.26. The van der Waals surface area contributed by atoms with Crippen LogP contribution in [0.15, 0.2) is 0 Å². The minimum absolute atomic E-state index is 0.0957. The first-order chi connectivity index (χ1) is 7.22. The van der Waals surface area contributed by atoms with Crippen molar-refractivity contribution in [2.75, 3.05) is 19.8 Å². The lowest BCUT2D eigenvalue weighted by Gasteiger charge is -2.22. The van der Waals surface area contributed by atoms with Crippen LogP contribution in [0.2, 0.25) is 0 Å². The van der Waals surface area contributed by atoms with Crippen molar-refractivity contribution in [3.63, 3.8) is 0 Å². The monoisotopic (exact) mass is 214 g/mol. The normalized spacial score (nSPS) is 27.5. The Morgan fingerprint density at radius 2 is 2.13 bits per heavy atom. The average Bonchev–Trinajstić information content (AvgIpc) is 3.02. The predicted molar refractivity (Wildman–Crippen MR) is 51.8 cm³/mol. The second-order valence-electron chi connectivity index (χ2n) is 4.15. The number of carbonyl (C=O) groups excluding carboxylic acids is 2. The molecule has 1 aliphatic heterocycles. The Morgan fingerprint density at radius 1 is 1.40 bits per heavy atom. The van der Waals surface area contributed by atoms with E-state index in [1.165, 1.54) is 4.90 Å². The van der Waals surface area contributed by atoms with E-state index in [9.17, 15) is 14.0 Å². The van der Waals surface area contributed by atoms with Crippen molar-refractivity contribution in [2.45, 2.75) is 25.3 Å². The maximum Gasteiger partial charge on any atom is 0.245 e. The highest BCUT2D eigenvalue weighted by molar-refractivity contribution is 5.90. The van der Waals surface area contributed by atoms with E-state index >= 15 is 0 Å². The summed E-state index contributed by atoms with van der Waals surface area (Å²) in [4.78, 5) is 24.7. The molecule has 2 aliphatic rings. The number of carbonyl (C=O) groups is 2. The molecule has 1 saturated heterocycles. The van der Waals surface area contributed by atoms with E-state index in [1.807, 2.05) is 0 Å². The van der Waals surface area contributed by atoms with Gasteiger partial charge in [-0.3, -0.25) is 9.59 Å². The van der Waals surface area contributed by atoms with E-state index in [-0.39, 0.29) is 30.7 Å². The summed E-state index contributed by atoms with van der Waals surface area (Å²) >= 11 is 0. The molecule has 0 aromatic rings. The van der Waals surface area contributed by atoms with Gasteiger partial charge in [0, 0.05) is 19.5 Å². The van der Waals surface area contributed by atoms with Crippen LogP contribution in [0.25, 0.3) is 0 Å². The summed E-state index contributed by atoms with van der Waals surface area (Å²) in [7, 11) is 0. The molecule has 1 N–H and O–H groups in total. The number of hydrogen-bond donors (Lipinski definition) is 1.